The number of pyridine rings is 2. The van der Waals surface area contributed by atoms with Gasteiger partial charge in [-0.1, -0.05) is 22.0 Å². The molecule has 0 spiro atoms. The minimum absolute atomic E-state index is 0.970. The fourth-order valence-corrected chi connectivity index (χ4v) is 2.58. The third-order valence-corrected chi connectivity index (χ3v) is 3.52. The Morgan fingerprint density at radius 3 is 2.29 bits per heavy atom. The maximum absolute atomic E-state index is 4.61. The maximum atomic E-state index is 4.61. The molecule has 84 valence electrons. The molecule has 2 aromatic heterocycles. The van der Waals surface area contributed by atoms with Crippen LogP contribution in [0.25, 0.3) is 21.8 Å². The van der Waals surface area contributed by atoms with E-state index in [2.05, 4.69) is 44.1 Å². The lowest BCUT2D eigenvalue weighted by molar-refractivity contribution is 1.23. The second-order valence-electron chi connectivity index (χ2n) is 4.23. The van der Waals surface area contributed by atoms with Crippen LogP contribution < -0.4 is 0 Å². The molecule has 0 atom stereocenters. The third-order valence-electron chi connectivity index (χ3n) is 2.86. The van der Waals surface area contributed by atoms with E-state index in [0.717, 1.165) is 37.7 Å². The summed E-state index contributed by atoms with van der Waals surface area (Å²) in [5.41, 5.74) is 3.98. The summed E-state index contributed by atoms with van der Waals surface area (Å²) in [6, 6.07) is 10.3. The Morgan fingerprint density at radius 1 is 0.882 bits per heavy atom. The molecule has 0 saturated heterocycles. The van der Waals surface area contributed by atoms with Crippen LogP contribution in [0.5, 0.6) is 0 Å². The van der Waals surface area contributed by atoms with E-state index in [9.17, 15) is 0 Å². The molecule has 0 unspecified atom stereocenters. The second kappa shape index (κ2) is 3.77. The number of aromatic nitrogens is 2. The van der Waals surface area contributed by atoms with Crippen molar-refractivity contribution >= 4 is 37.7 Å². The van der Waals surface area contributed by atoms with E-state index in [0.29, 0.717) is 0 Å². The molecule has 2 nitrogen and oxygen atoms in total. The first-order valence-corrected chi connectivity index (χ1v) is 6.28. The van der Waals surface area contributed by atoms with Crippen molar-refractivity contribution in [3.8, 4) is 0 Å². The maximum Gasteiger partial charge on any atom is 0.0979 e. The SMILES string of the molecule is Cc1ccc2cc(Br)c3ccc(C)nc3c2n1. The molecule has 0 fully saturated rings. The first kappa shape index (κ1) is 10.7. The second-order valence-corrected chi connectivity index (χ2v) is 5.09. The number of fused-ring (bicyclic) bond motifs is 3. The van der Waals surface area contributed by atoms with Gasteiger partial charge in [-0.3, -0.25) is 9.97 Å². The molecule has 3 rings (SSSR count). The Morgan fingerprint density at radius 2 is 1.53 bits per heavy atom. The molecule has 2 heterocycles. The van der Waals surface area contributed by atoms with Gasteiger partial charge in [0.15, 0.2) is 0 Å². The van der Waals surface area contributed by atoms with Crippen LogP contribution in [0.3, 0.4) is 0 Å². The molecule has 0 aliphatic heterocycles. The van der Waals surface area contributed by atoms with E-state index < -0.39 is 0 Å². The van der Waals surface area contributed by atoms with Gasteiger partial charge in [0.2, 0.25) is 0 Å². The summed E-state index contributed by atoms with van der Waals surface area (Å²) < 4.78 is 1.07. The quantitative estimate of drug-likeness (QED) is 0.580. The zero-order valence-electron chi connectivity index (χ0n) is 9.66. The normalized spacial score (nSPS) is 11.2. The Hall–Kier alpha value is -1.48. The van der Waals surface area contributed by atoms with Crippen molar-refractivity contribution in [3.05, 3.63) is 46.2 Å². The summed E-state index contributed by atoms with van der Waals surface area (Å²) >= 11 is 3.59. The minimum atomic E-state index is 0.970. The van der Waals surface area contributed by atoms with Gasteiger partial charge in [0.05, 0.1) is 11.0 Å². The molecule has 0 N–H and O–H groups in total. The topological polar surface area (TPSA) is 25.8 Å². The number of hydrogen-bond acceptors (Lipinski definition) is 2. The highest BCUT2D eigenvalue weighted by Crippen LogP contribution is 2.30. The average Bonchev–Trinajstić information content (AvgIpc) is 2.30. The average molecular weight is 287 g/mol. The third kappa shape index (κ3) is 1.71. The predicted octanol–water partition coefficient (Wildman–Crippen LogP) is 4.16. The first-order chi connectivity index (χ1) is 8.15. The molecular formula is C14H11BrN2. The minimum Gasteiger partial charge on any atom is -0.251 e. The monoisotopic (exact) mass is 286 g/mol. The van der Waals surface area contributed by atoms with Gasteiger partial charge < -0.3 is 0 Å². The van der Waals surface area contributed by atoms with Crippen molar-refractivity contribution in [1.82, 2.24) is 9.97 Å². The van der Waals surface area contributed by atoms with Gasteiger partial charge in [-0.25, -0.2) is 0 Å². The van der Waals surface area contributed by atoms with Crippen LogP contribution in [-0.2, 0) is 0 Å². The van der Waals surface area contributed by atoms with Crippen molar-refractivity contribution in [1.29, 1.82) is 0 Å². The highest BCUT2D eigenvalue weighted by Gasteiger charge is 2.07. The van der Waals surface area contributed by atoms with Crippen LogP contribution in [0.4, 0.5) is 0 Å². The van der Waals surface area contributed by atoms with E-state index >= 15 is 0 Å². The van der Waals surface area contributed by atoms with Crippen LogP contribution in [0.2, 0.25) is 0 Å². The van der Waals surface area contributed by atoms with Gasteiger partial charge in [0.25, 0.3) is 0 Å². The summed E-state index contributed by atoms with van der Waals surface area (Å²) in [6.07, 6.45) is 0. The first-order valence-electron chi connectivity index (χ1n) is 5.48. The molecule has 0 bridgehead atoms. The van der Waals surface area contributed by atoms with Crippen LogP contribution in [-0.4, -0.2) is 9.97 Å². The lowest BCUT2D eigenvalue weighted by atomic mass is 10.1. The van der Waals surface area contributed by atoms with Crippen LogP contribution in [0, 0.1) is 13.8 Å². The van der Waals surface area contributed by atoms with Crippen molar-refractivity contribution in [3.63, 3.8) is 0 Å². The molecule has 0 radical (unpaired) electrons. The molecule has 0 saturated carbocycles. The molecule has 0 aliphatic carbocycles. The highest BCUT2D eigenvalue weighted by molar-refractivity contribution is 9.10. The summed E-state index contributed by atoms with van der Waals surface area (Å²) in [6.45, 7) is 4.01. The summed E-state index contributed by atoms with van der Waals surface area (Å²) in [5.74, 6) is 0. The number of halogens is 1. The largest absolute Gasteiger partial charge is 0.251 e. The van der Waals surface area contributed by atoms with E-state index in [1.165, 1.54) is 0 Å². The molecule has 0 aliphatic rings. The Balaban J connectivity index is 2.59. The summed E-state index contributed by atoms with van der Waals surface area (Å²) in [4.78, 5) is 9.22. The van der Waals surface area contributed by atoms with Crippen molar-refractivity contribution in [2.24, 2.45) is 0 Å². The molecule has 1 aromatic carbocycles. The van der Waals surface area contributed by atoms with Gasteiger partial charge in [-0.15, -0.1) is 0 Å². The summed E-state index contributed by atoms with van der Waals surface area (Å²) in [7, 11) is 0. The van der Waals surface area contributed by atoms with Gasteiger partial charge in [-0.2, -0.15) is 0 Å². The fraction of sp³-hybridized carbons (Fsp3) is 0.143. The van der Waals surface area contributed by atoms with E-state index in [4.69, 9.17) is 0 Å². The molecule has 17 heavy (non-hydrogen) atoms. The zero-order valence-corrected chi connectivity index (χ0v) is 11.2. The standard InChI is InChI=1S/C14H11BrN2/c1-8-3-5-10-7-12(15)11-6-4-9(2)17-14(11)13(10)16-8/h3-7H,1-2H3. The van der Waals surface area contributed by atoms with Crippen LogP contribution in [0.15, 0.2) is 34.8 Å². The molecule has 3 aromatic rings. The van der Waals surface area contributed by atoms with Crippen molar-refractivity contribution in [2.75, 3.05) is 0 Å². The summed E-state index contributed by atoms with van der Waals surface area (Å²) in [5, 5.41) is 2.23. The number of aryl methyl sites for hydroxylation is 2. The Kier molecular flexibility index (Phi) is 2.37. The number of benzene rings is 1. The zero-order chi connectivity index (χ0) is 12.0. The highest BCUT2D eigenvalue weighted by atomic mass is 79.9. The van der Waals surface area contributed by atoms with Crippen molar-refractivity contribution < 1.29 is 0 Å². The van der Waals surface area contributed by atoms with Gasteiger partial charge >= 0.3 is 0 Å². The van der Waals surface area contributed by atoms with Gasteiger partial charge in [0, 0.05) is 26.6 Å². The van der Waals surface area contributed by atoms with E-state index in [1.807, 2.05) is 26.0 Å². The van der Waals surface area contributed by atoms with E-state index in [1.54, 1.807) is 0 Å². The lowest BCUT2D eigenvalue weighted by Gasteiger charge is -2.06. The lowest BCUT2D eigenvalue weighted by Crippen LogP contribution is -1.90. The number of hydrogen-bond donors (Lipinski definition) is 0. The molecule has 0 amide bonds. The number of rotatable bonds is 0. The molecule has 3 heteroatoms. The Labute approximate surface area is 108 Å². The van der Waals surface area contributed by atoms with Crippen LogP contribution in [0.1, 0.15) is 11.4 Å². The Bertz CT molecular complexity index is 735. The van der Waals surface area contributed by atoms with E-state index in [-0.39, 0.29) is 0 Å². The fourth-order valence-electron chi connectivity index (χ4n) is 2.02. The number of nitrogens with zero attached hydrogens (tertiary/aromatic N) is 2. The van der Waals surface area contributed by atoms with Gasteiger partial charge in [0.1, 0.15) is 0 Å². The van der Waals surface area contributed by atoms with Crippen LogP contribution >= 0.6 is 15.9 Å². The predicted molar refractivity (Wildman–Crippen MR) is 74.2 cm³/mol. The molecular weight excluding hydrogens is 276 g/mol. The van der Waals surface area contributed by atoms with Gasteiger partial charge in [-0.05, 0) is 38.1 Å². The van der Waals surface area contributed by atoms with Crippen molar-refractivity contribution in [2.45, 2.75) is 13.8 Å². The smallest absolute Gasteiger partial charge is 0.0979 e.